The first-order chi connectivity index (χ1) is 19.8. The summed E-state index contributed by atoms with van der Waals surface area (Å²) < 4.78 is 0. The predicted molar refractivity (Wildman–Crippen MR) is 156 cm³/mol. The van der Waals surface area contributed by atoms with Crippen molar-refractivity contribution in [1.29, 1.82) is 0 Å². The van der Waals surface area contributed by atoms with Crippen LogP contribution in [0.5, 0.6) is 0 Å². The van der Waals surface area contributed by atoms with Gasteiger partial charge in [-0.3, -0.25) is 9.97 Å². The highest BCUT2D eigenvalue weighted by atomic mass is 15.1. The van der Waals surface area contributed by atoms with Gasteiger partial charge in [0.1, 0.15) is 11.4 Å². The van der Waals surface area contributed by atoms with E-state index in [1.54, 1.807) is 12.4 Å². The molecular weight excluding hydrogens is 494 g/mol. The highest BCUT2D eigenvalue weighted by molar-refractivity contribution is 5.95. The van der Waals surface area contributed by atoms with Crippen LogP contribution in [0.1, 0.15) is 0 Å². The van der Waals surface area contributed by atoms with Crippen LogP contribution in [0.4, 0.5) is 0 Å². The highest BCUT2D eigenvalue weighted by Crippen LogP contribution is 2.30. The smallest absolute Gasteiger partial charge is 0.182 e. The minimum atomic E-state index is 0.454. The zero-order valence-corrected chi connectivity index (χ0v) is 21.3. The van der Waals surface area contributed by atoms with Gasteiger partial charge in [-0.25, -0.2) is 24.9 Å². The molecule has 0 spiro atoms. The van der Waals surface area contributed by atoms with Gasteiger partial charge in [0, 0.05) is 18.0 Å². The van der Waals surface area contributed by atoms with Crippen LogP contribution in [0.2, 0.25) is 0 Å². The quantitative estimate of drug-likeness (QED) is 0.245. The molecule has 0 unspecified atom stereocenters. The number of pyridine rings is 4. The molecule has 0 aliphatic rings. The maximum atomic E-state index is 4.92. The lowest BCUT2D eigenvalue weighted by Crippen LogP contribution is -2.03. The lowest BCUT2D eigenvalue weighted by molar-refractivity contribution is 1.05. The summed E-state index contributed by atoms with van der Waals surface area (Å²) in [5.41, 5.74) is 5.17. The van der Waals surface area contributed by atoms with Crippen molar-refractivity contribution >= 4 is 10.8 Å². The Hall–Kier alpha value is -5.69. The van der Waals surface area contributed by atoms with E-state index in [2.05, 4.69) is 28.2 Å². The van der Waals surface area contributed by atoms with E-state index in [0.717, 1.165) is 39.1 Å². The number of aromatic nitrogens is 7. The third-order valence-corrected chi connectivity index (χ3v) is 6.48. The average molecular weight is 516 g/mol. The zero-order chi connectivity index (χ0) is 26.7. The van der Waals surface area contributed by atoms with E-state index in [4.69, 9.17) is 24.9 Å². The van der Waals surface area contributed by atoms with Crippen LogP contribution >= 0.6 is 0 Å². The summed E-state index contributed by atoms with van der Waals surface area (Å²) in [6, 6.07) is 37.4. The van der Waals surface area contributed by atoms with Crippen LogP contribution in [0.15, 0.2) is 128 Å². The molecule has 0 N–H and O–H groups in total. The molecule has 0 amide bonds. The van der Waals surface area contributed by atoms with Crippen LogP contribution < -0.4 is 0 Å². The van der Waals surface area contributed by atoms with Crippen molar-refractivity contribution in [1.82, 2.24) is 34.9 Å². The largest absolute Gasteiger partial charge is 0.255 e. The number of benzene rings is 2. The Labute approximate surface area is 230 Å². The molecule has 0 fully saturated rings. The van der Waals surface area contributed by atoms with E-state index in [9.17, 15) is 0 Å². The summed E-state index contributed by atoms with van der Waals surface area (Å²) in [5.74, 6) is 1.46. The van der Waals surface area contributed by atoms with Crippen molar-refractivity contribution in [3.05, 3.63) is 128 Å². The molecule has 0 bridgehead atoms. The molecule has 0 aliphatic carbocycles. The predicted octanol–water partition coefficient (Wildman–Crippen LogP) is 6.94. The first kappa shape index (κ1) is 23.4. The molecule has 7 rings (SSSR count). The third kappa shape index (κ3) is 4.56. The molecule has 188 valence electrons. The number of rotatable bonds is 5. The van der Waals surface area contributed by atoms with E-state index < -0.39 is 0 Å². The Bertz CT molecular complexity index is 1850. The van der Waals surface area contributed by atoms with E-state index in [1.807, 2.05) is 97.1 Å². The lowest BCUT2D eigenvalue weighted by Gasteiger charge is -2.10. The van der Waals surface area contributed by atoms with E-state index in [0.29, 0.717) is 28.9 Å². The van der Waals surface area contributed by atoms with Crippen molar-refractivity contribution in [2.75, 3.05) is 0 Å². The molecule has 0 saturated carbocycles. The molecule has 40 heavy (non-hydrogen) atoms. The van der Waals surface area contributed by atoms with Crippen LogP contribution in [0.25, 0.3) is 68.0 Å². The molecule has 5 aromatic heterocycles. The fraction of sp³-hybridized carbons (Fsp3) is 0. The van der Waals surface area contributed by atoms with Gasteiger partial charge in [-0.15, -0.1) is 0 Å². The fourth-order valence-corrected chi connectivity index (χ4v) is 4.58. The Morgan fingerprint density at radius 1 is 0.325 bits per heavy atom. The molecule has 0 atom stereocenters. The van der Waals surface area contributed by atoms with E-state index >= 15 is 0 Å². The molecule has 7 heteroatoms. The van der Waals surface area contributed by atoms with Gasteiger partial charge in [0.05, 0.1) is 22.8 Å². The summed E-state index contributed by atoms with van der Waals surface area (Å²) >= 11 is 0. The van der Waals surface area contributed by atoms with E-state index in [-0.39, 0.29) is 0 Å². The molecule has 7 aromatic rings. The molecule has 0 saturated heterocycles. The first-order valence-electron chi connectivity index (χ1n) is 12.8. The van der Waals surface area contributed by atoms with Crippen LogP contribution in [0.3, 0.4) is 0 Å². The van der Waals surface area contributed by atoms with Gasteiger partial charge < -0.3 is 0 Å². The number of hydrogen-bond donors (Lipinski definition) is 0. The summed E-state index contributed by atoms with van der Waals surface area (Å²) in [7, 11) is 0. The maximum Gasteiger partial charge on any atom is 0.182 e. The molecular formula is C33H21N7. The van der Waals surface area contributed by atoms with Crippen molar-refractivity contribution in [3.8, 4) is 57.2 Å². The summed E-state index contributed by atoms with van der Waals surface area (Å²) in [6.45, 7) is 0. The van der Waals surface area contributed by atoms with Gasteiger partial charge >= 0.3 is 0 Å². The Kier molecular flexibility index (Phi) is 5.99. The number of fused-ring (bicyclic) bond motifs is 1. The van der Waals surface area contributed by atoms with Crippen LogP contribution in [0, 0.1) is 0 Å². The topological polar surface area (TPSA) is 90.2 Å². The Morgan fingerprint density at radius 3 is 1.40 bits per heavy atom. The monoisotopic (exact) mass is 515 g/mol. The highest BCUT2D eigenvalue weighted by Gasteiger charge is 2.16. The Morgan fingerprint density at radius 2 is 0.800 bits per heavy atom. The number of hydrogen-bond acceptors (Lipinski definition) is 7. The second kappa shape index (κ2) is 10.2. The Balaban J connectivity index is 1.42. The third-order valence-electron chi connectivity index (χ3n) is 6.48. The molecule has 2 aromatic carbocycles. The van der Waals surface area contributed by atoms with Crippen molar-refractivity contribution in [2.45, 2.75) is 0 Å². The molecule has 0 radical (unpaired) electrons. The molecule has 5 heterocycles. The second-order valence-corrected chi connectivity index (χ2v) is 9.08. The van der Waals surface area contributed by atoms with Crippen molar-refractivity contribution in [3.63, 3.8) is 0 Å². The minimum absolute atomic E-state index is 0.454. The normalized spacial score (nSPS) is 11.0. The van der Waals surface area contributed by atoms with Gasteiger partial charge in [-0.1, -0.05) is 66.7 Å². The van der Waals surface area contributed by atoms with Gasteiger partial charge in [-0.2, -0.15) is 0 Å². The minimum Gasteiger partial charge on any atom is -0.255 e. The molecule has 7 nitrogen and oxygen atoms in total. The van der Waals surface area contributed by atoms with Gasteiger partial charge in [0.25, 0.3) is 0 Å². The van der Waals surface area contributed by atoms with Crippen LogP contribution in [-0.4, -0.2) is 34.9 Å². The van der Waals surface area contributed by atoms with Gasteiger partial charge in [0.2, 0.25) is 0 Å². The standard InChI is InChI=1S/C33H21N7/c1-2-12-23-22(10-1)11-7-13-24(23)31-38-32(29-18-8-16-27(36-29)25-14-3-5-20-34-25)40-33(39-31)30-19-9-17-28(37-30)26-15-4-6-21-35-26/h1-21H. The summed E-state index contributed by atoms with van der Waals surface area (Å²) in [6.07, 6.45) is 3.51. The average Bonchev–Trinajstić information content (AvgIpc) is 3.05. The SMILES string of the molecule is c1ccc(-c2cccc(-c3nc(-c4cccc(-c5ccccn5)n4)nc(-c4cccc5ccccc45)n3)n2)nc1. The van der Waals surface area contributed by atoms with Crippen LogP contribution in [-0.2, 0) is 0 Å². The second-order valence-electron chi connectivity index (χ2n) is 9.08. The van der Waals surface area contributed by atoms with Crippen molar-refractivity contribution < 1.29 is 0 Å². The maximum absolute atomic E-state index is 4.92. The summed E-state index contributed by atoms with van der Waals surface area (Å²) in [5, 5.41) is 2.16. The van der Waals surface area contributed by atoms with E-state index in [1.165, 1.54) is 0 Å². The zero-order valence-electron chi connectivity index (χ0n) is 21.3. The lowest BCUT2D eigenvalue weighted by atomic mass is 10.0. The van der Waals surface area contributed by atoms with Crippen molar-refractivity contribution in [2.24, 2.45) is 0 Å². The number of nitrogens with zero attached hydrogens (tertiary/aromatic N) is 7. The van der Waals surface area contributed by atoms with Gasteiger partial charge in [-0.05, 0) is 59.3 Å². The fourth-order valence-electron chi connectivity index (χ4n) is 4.58. The summed E-state index contributed by atoms with van der Waals surface area (Å²) in [4.78, 5) is 33.3. The first-order valence-corrected chi connectivity index (χ1v) is 12.8. The molecule has 0 aliphatic heterocycles. The van der Waals surface area contributed by atoms with Gasteiger partial charge in [0.15, 0.2) is 17.5 Å².